The zero-order valence-corrected chi connectivity index (χ0v) is 14.8. The lowest BCUT2D eigenvalue weighted by atomic mass is 9.96. The molecule has 1 unspecified atom stereocenters. The van der Waals surface area contributed by atoms with Crippen LogP contribution >= 0.6 is 11.3 Å². The van der Waals surface area contributed by atoms with Crippen LogP contribution in [0.2, 0.25) is 0 Å². The van der Waals surface area contributed by atoms with Gasteiger partial charge in [0.05, 0.1) is 18.8 Å². The number of carbonyl (C=O) groups excluding carboxylic acids is 2. The summed E-state index contributed by atoms with van der Waals surface area (Å²) in [4.78, 5) is 41.3. The van der Waals surface area contributed by atoms with Crippen molar-refractivity contribution in [1.29, 1.82) is 0 Å². The topological polar surface area (TPSA) is 90.3 Å². The van der Waals surface area contributed by atoms with E-state index in [2.05, 4.69) is 10.3 Å². The fourth-order valence-electron chi connectivity index (χ4n) is 2.59. The largest absolute Gasteiger partial charge is 0.467 e. The molecule has 24 heavy (non-hydrogen) atoms. The molecule has 7 nitrogen and oxygen atoms in total. The minimum absolute atomic E-state index is 0.0769. The second-order valence-electron chi connectivity index (χ2n) is 5.75. The molecule has 0 saturated carbocycles. The number of nitrogens with one attached hydrogen (secondary N) is 1. The Morgan fingerprint density at radius 2 is 2.21 bits per heavy atom. The van der Waals surface area contributed by atoms with Gasteiger partial charge in [0.1, 0.15) is 10.4 Å². The number of methoxy groups -OCH3 is 1. The van der Waals surface area contributed by atoms with Gasteiger partial charge in [-0.25, -0.2) is 9.78 Å². The van der Waals surface area contributed by atoms with Gasteiger partial charge in [-0.05, 0) is 24.8 Å². The van der Waals surface area contributed by atoms with Crippen molar-refractivity contribution in [3.05, 3.63) is 28.1 Å². The number of fused-ring (bicyclic) bond motifs is 1. The molecule has 0 aliphatic heterocycles. The molecule has 2 rings (SSSR count). The number of hydrogen-bond donors (Lipinski definition) is 1. The Bertz CT molecular complexity index is 798. The van der Waals surface area contributed by atoms with Crippen LogP contribution < -0.4 is 10.9 Å². The van der Waals surface area contributed by atoms with Crippen molar-refractivity contribution in [1.82, 2.24) is 14.9 Å². The van der Waals surface area contributed by atoms with E-state index in [1.165, 1.54) is 29.3 Å². The van der Waals surface area contributed by atoms with Crippen LogP contribution in [0.15, 0.2) is 22.6 Å². The zero-order valence-electron chi connectivity index (χ0n) is 14.0. The highest BCUT2D eigenvalue weighted by molar-refractivity contribution is 7.16. The van der Waals surface area contributed by atoms with Gasteiger partial charge in [0.2, 0.25) is 5.91 Å². The number of carbonyl (C=O) groups is 2. The highest BCUT2D eigenvalue weighted by atomic mass is 32.1. The first-order valence-corrected chi connectivity index (χ1v) is 8.61. The van der Waals surface area contributed by atoms with Crippen molar-refractivity contribution in [3.63, 3.8) is 0 Å². The van der Waals surface area contributed by atoms with Crippen LogP contribution in [0.25, 0.3) is 10.2 Å². The Morgan fingerprint density at radius 1 is 1.46 bits per heavy atom. The summed E-state index contributed by atoms with van der Waals surface area (Å²) in [6.07, 6.45) is 2.73. The van der Waals surface area contributed by atoms with Gasteiger partial charge in [-0.2, -0.15) is 0 Å². The fraction of sp³-hybridized carbons (Fsp3) is 0.500. The maximum Gasteiger partial charge on any atom is 0.331 e. The van der Waals surface area contributed by atoms with Gasteiger partial charge in [0.15, 0.2) is 0 Å². The molecular weight excluding hydrogens is 330 g/mol. The smallest absolute Gasteiger partial charge is 0.331 e. The molecule has 0 radical (unpaired) electrons. The van der Waals surface area contributed by atoms with E-state index in [0.29, 0.717) is 16.6 Å². The van der Waals surface area contributed by atoms with E-state index in [4.69, 9.17) is 4.74 Å². The number of aromatic nitrogens is 2. The molecule has 130 valence electrons. The molecule has 0 aliphatic carbocycles. The molecule has 8 heteroatoms. The van der Waals surface area contributed by atoms with E-state index in [0.717, 1.165) is 6.42 Å². The predicted molar refractivity (Wildman–Crippen MR) is 92.0 cm³/mol. The number of nitrogens with zero attached hydrogens (tertiary/aromatic N) is 2. The molecule has 2 aromatic heterocycles. The van der Waals surface area contributed by atoms with E-state index in [-0.39, 0.29) is 24.4 Å². The quantitative estimate of drug-likeness (QED) is 0.767. The van der Waals surface area contributed by atoms with Crippen LogP contribution in [0.3, 0.4) is 0 Å². The van der Waals surface area contributed by atoms with E-state index in [1.54, 1.807) is 13.0 Å². The highest BCUT2D eigenvalue weighted by Crippen LogP contribution is 2.15. The number of hydrogen-bond acceptors (Lipinski definition) is 6. The average molecular weight is 351 g/mol. The summed E-state index contributed by atoms with van der Waals surface area (Å²) >= 11 is 1.40. The average Bonchev–Trinajstić information content (AvgIpc) is 3.03. The fourth-order valence-corrected chi connectivity index (χ4v) is 3.31. The first-order valence-electron chi connectivity index (χ1n) is 7.73. The van der Waals surface area contributed by atoms with Crippen LogP contribution in [-0.2, 0) is 20.9 Å². The number of esters is 1. The number of ether oxygens (including phenoxy) is 1. The minimum atomic E-state index is -1.05. The van der Waals surface area contributed by atoms with Crippen LogP contribution in [0.5, 0.6) is 0 Å². The standard InChI is InChI=1S/C16H21N3O4S/c1-4-7-16(2,15(22)23-3)18-12(20)5-8-19-10-17-13-11(14(19)21)6-9-24-13/h6,9-10H,4-5,7-8H2,1-3H3,(H,18,20). The number of amides is 1. The van der Waals surface area contributed by atoms with Gasteiger partial charge in [-0.1, -0.05) is 13.3 Å². The summed E-state index contributed by atoms with van der Waals surface area (Å²) < 4.78 is 6.18. The maximum absolute atomic E-state index is 12.3. The van der Waals surface area contributed by atoms with Gasteiger partial charge in [0, 0.05) is 13.0 Å². The third-order valence-corrected chi connectivity index (χ3v) is 4.65. The Balaban J connectivity index is 2.05. The molecule has 0 aromatic carbocycles. The molecular formula is C16H21N3O4S. The summed E-state index contributed by atoms with van der Waals surface area (Å²) in [6, 6.07) is 1.72. The Labute approximate surface area is 143 Å². The number of thiophene rings is 1. The van der Waals surface area contributed by atoms with Gasteiger partial charge < -0.3 is 10.1 Å². The third-order valence-electron chi connectivity index (χ3n) is 3.83. The Morgan fingerprint density at radius 3 is 2.88 bits per heavy atom. The molecule has 0 saturated heterocycles. The SMILES string of the molecule is CCCC(C)(NC(=O)CCn1cnc2sccc2c1=O)C(=O)OC. The second kappa shape index (κ2) is 7.57. The van der Waals surface area contributed by atoms with Crippen LogP contribution in [0, 0.1) is 0 Å². The molecule has 0 bridgehead atoms. The van der Waals surface area contributed by atoms with Crippen molar-refractivity contribution in [3.8, 4) is 0 Å². The van der Waals surface area contributed by atoms with Gasteiger partial charge in [-0.15, -0.1) is 11.3 Å². The van der Waals surface area contributed by atoms with Crippen molar-refractivity contribution in [2.75, 3.05) is 7.11 Å². The first-order chi connectivity index (χ1) is 11.4. The highest BCUT2D eigenvalue weighted by Gasteiger charge is 2.34. The van der Waals surface area contributed by atoms with Gasteiger partial charge >= 0.3 is 5.97 Å². The monoisotopic (exact) mass is 351 g/mol. The minimum Gasteiger partial charge on any atom is -0.467 e. The Hall–Kier alpha value is -2.22. The summed E-state index contributed by atoms with van der Waals surface area (Å²) in [5, 5.41) is 5.08. The lowest BCUT2D eigenvalue weighted by molar-refractivity contribution is -0.150. The summed E-state index contributed by atoms with van der Waals surface area (Å²) in [6.45, 7) is 3.77. The van der Waals surface area contributed by atoms with E-state index in [1.807, 2.05) is 12.3 Å². The molecule has 0 aliphatic rings. The van der Waals surface area contributed by atoms with Gasteiger partial charge in [-0.3, -0.25) is 14.2 Å². The lowest BCUT2D eigenvalue weighted by Gasteiger charge is -2.27. The molecule has 2 heterocycles. The van der Waals surface area contributed by atoms with Crippen molar-refractivity contribution >= 4 is 33.4 Å². The summed E-state index contributed by atoms with van der Waals surface area (Å²) in [5.74, 6) is -0.787. The third kappa shape index (κ3) is 3.81. The Kier molecular flexibility index (Phi) is 5.71. The van der Waals surface area contributed by atoms with Crippen molar-refractivity contribution in [2.24, 2.45) is 0 Å². The van der Waals surface area contributed by atoms with Crippen molar-refractivity contribution in [2.45, 2.75) is 45.2 Å². The maximum atomic E-state index is 12.3. The van der Waals surface area contributed by atoms with E-state index < -0.39 is 11.5 Å². The van der Waals surface area contributed by atoms with Crippen molar-refractivity contribution < 1.29 is 14.3 Å². The zero-order chi connectivity index (χ0) is 17.7. The van der Waals surface area contributed by atoms with Crippen LogP contribution in [-0.4, -0.2) is 34.1 Å². The summed E-state index contributed by atoms with van der Waals surface area (Å²) in [5.41, 5.74) is -1.22. The molecule has 1 atom stereocenters. The molecule has 0 fully saturated rings. The number of aryl methyl sites for hydroxylation is 1. The molecule has 0 spiro atoms. The molecule has 2 aromatic rings. The van der Waals surface area contributed by atoms with Crippen LogP contribution in [0.4, 0.5) is 0 Å². The van der Waals surface area contributed by atoms with Crippen LogP contribution in [0.1, 0.15) is 33.1 Å². The molecule has 1 amide bonds. The summed E-state index contributed by atoms with van der Waals surface area (Å²) in [7, 11) is 1.30. The van der Waals surface area contributed by atoms with E-state index in [9.17, 15) is 14.4 Å². The predicted octanol–water partition coefficient (Wildman–Crippen LogP) is 1.70. The molecule has 1 N–H and O–H groups in total. The normalized spacial score (nSPS) is 13.5. The van der Waals surface area contributed by atoms with E-state index >= 15 is 0 Å². The first kappa shape index (κ1) is 18.1. The number of rotatable bonds is 7. The lowest BCUT2D eigenvalue weighted by Crippen LogP contribution is -2.52. The van der Waals surface area contributed by atoms with Gasteiger partial charge in [0.25, 0.3) is 5.56 Å². The second-order valence-corrected chi connectivity index (χ2v) is 6.65.